The van der Waals surface area contributed by atoms with Gasteiger partial charge in [-0.25, -0.2) is 9.64 Å². The summed E-state index contributed by atoms with van der Waals surface area (Å²) < 4.78 is 11.1. The number of nitrogens with zero attached hydrogens (tertiary/aromatic N) is 2. The molecular formula is C20H17N3O4. The van der Waals surface area contributed by atoms with Crippen molar-refractivity contribution in [3.05, 3.63) is 58.7 Å². The van der Waals surface area contributed by atoms with E-state index < -0.39 is 18.1 Å². The first-order valence-corrected chi connectivity index (χ1v) is 8.71. The molecule has 2 aromatic rings. The van der Waals surface area contributed by atoms with E-state index in [-0.39, 0.29) is 5.92 Å². The van der Waals surface area contributed by atoms with Crippen LogP contribution in [-0.4, -0.2) is 23.1 Å². The molecule has 1 aliphatic carbocycles. The van der Waals surface area contributed by atoms with Crippen LogP contribution in [0.5, 0.6) is 11.5 Å². The molecule has 2 heterocycles. The third kappa shape index (κ3) is 3.22. The summed E-state index contributed by atoms with van der Waals surface area (Å²) in [6.07, 6.45) is 2.54. The highest BCUT2D eigenvalue weighted by Crippen LogP contribution is 2.37. The summed E-state index contributed by atoms with van der Waals surface area (Å²) in [5.41, 5.74) is 3.21. The second kappa shape index (κ2) is 6.72. The maximum atomic E-state index is 12.0. The van der Waals surface area contributed by atoms with E-state index in [4.69, 9.17) is 16.0 Å². The van der Waals surface area contributed by atoms with Crippen LogP contribution in [0, 0.1) is 13.5 Å². The fourth-order valence-corrected chi connectivity index (χ4v) is 3.61. The van der Waals surface area contributed by atoms with Gasteiger partial charge in [-0.1, -0.05) is 6.07 Å². The molecule has 1 saturated heterocycles. The van der Waals surface area contributed by atoms with Crippen molar-refractivity contribution in [2.75, 3.05) is 0 Å². The van der Waals surface area contributed by atoms with Gasteiger partial charge in [0.2, 0.25) is 0 Å². The Hall–Kier alpha value is -3.40. The fourth-order valence-electron chi connectivity index (χ4n) is 3.61. The highest BCUT2D eigenvalue weighted by molar-refractivity contribution is 6.00. The highest BCUT2D eigenvalue weighted by atomic mass is 16.6. The van der Waals surface area contributed by atoms with Crippen molar-refractivity contribution in [2.24, 2.45) is 0 Å². The fraction of sp³-hybridized carbons (Fsp3) is 0.300. The van der Waals surface area contributed by atoms with Gasteiger partial charge in [-0.3, -0.25) is 15.1 Å². The minimum absolute atomic E-state index is 0.242. The Labute approximate surface area is 156 Å². The van der Waals surface area contributed by atoms with Crippen LogP contribution in [0.15, 0.2) is 30.5 Å². The first-order valence-electron chi connectivity index (χ1n) is 8.71. The number of nitrogens with one attached hydrogen (secondary N) is 1. The molecule has 2 amide bonds. The molecule has 0 spiro atoms. The molecule has 2 aliphatic rings. The number of carbonyl (C=O) groups excluding carboxylic acids is 2. The van der Waals surface area contributed by atoms with E-state index in [1.165, 1.54) is 0 Å². The smallest absolute Gasteiger partial charge is 0.414 e. The molecule has 1 N–H and O–H groups in total. The van der Waals surface area contributed by atoms with Gasteiger partial charge in [-0.05, 0) is 55.5 Å². The second-order valence-electron chi connectivity index (χ2n) is 6.69. The van der Waals surface area contributed by atoms with Crippen LogP contribution in [0.3, 0.4) is 0 Å². The zero-order valence-corrected chi connectivity index (χ0v) is 14.7. The topological polar surface area (TPSA) is 81.9 Å². The number of aromatic nitrogens is 1. The number of hydrogen-bond acceptors (Lipinski definition) is 5. The van der Waals surface area contributed by atoms with Crippen molar-refractivity contribution in [3.63, 3.8) is 0 Å². The number of aryl methyl sites for hydroxylation is 2. The normalized spacial score (nSPS) is 21.0. The van der Waals surface area contributed by atoms with Crippen molar-refractivity contribution >= 4 is 17.7 Å². The van der Waals surface area contributed by atoms with Gasteiger partial charge < -0.3 is 9.47 Å². The Morgan fingerprint density at radius 3 is 2.89 bits per heavy atom. The highest BCUT2D eigenvalue weighted by Gasteiger charge is 2.41. The van der Waals surface area contributed by atoms with E-state index >= 15 is 0 Å². The maximum Gasteiger partial charge on any atom is 0.414 e. The molecule has 1 unspecified atom stereocenters. The van der Waals surface area contributed by atoms with E-state index in [2.05, 4.69) is 15.1 Å². The average molecular weight is 363 g/mol. The zero-order chi connectivity index (χ0) is 19.0. The number of hydrogen-bond donors (Lipinski definition) is 1. The Balaban J connectivity index is 1.59. The number of cyclic esters (lactones) is 1. The average Bonchev–Trinajstić information content (AvgIpc) is 3.00. The lowest BCUT2D eigenvalue weighted by Crippen LogP contribution is -2.32. The van der Waals surface area contributed by atoms with Gasteiger partial charge >= 0.3 is 6.09 Å². The number of benzene rings is 1. The predicted molar refractivity (Wildman–Crippen MR) is 95.8 cm³/mol. The Morgan fingerprint density at radius 2 is 2.19 bits per heavy atom. The van der Waals surface area contributed by atoms with Crippen LogP contribution in [-0.2, 0) is 16.0 Å². The number of imide groups is 1. The summed E-state index contributed by atoms with van der Waals surface area (Å²) >= 11 is 0. The Kier molecular flexibility index (Phi) is 4.24. The largest absolute Gasteiger partial charge is 0.456 e. The van der Waals surface area contributed by atoms with E-state index in [0.29, 0.717) is 17.2 Å². The van der Waals surface area contributed by atoms with Crippen LogP contribution >= 0.6 is 0 Å². The third-order valence-electron chi connectivity index (χ3n) is 4.89. The molecule has 7 heteroatoms. The third-order valence-corrected chi connectivity index (χ3v) is 4.89. The first-order chi connectivity index (χ1) is 13.0. The first kappa shape index (κ1) is 17.0. The number of pyridine rings is 1. The predicted octanol–water partition coefficient (Wildman–Crippen LogP) is 3.79. The lowest BCUT2D eigenvalue weighted by Gasteiger charge is -2.26. The molecular weight excluding hydrogens is 346 g/mol. The summed E-state index contributed by atoms with van der Waals surface area (Å²) in [6.45, 7) is 8.96. The summed E-state index contributed by atoms with van der Waals surface area (Å²) in [5.74, 6) is 0.617. The van der Waals surface area contributed by atoms with Crippen LogP contribution in [0.4, 0.5) is 10.5 Å². The molecule has 0 bridgehead atoms. The molecule has 4 rings (SSSR count). The van der Waals surface area contributed by atoms with Gasteiger partial charge in [-0.2, -0.15) is 0 Å². The SMILES string of the molecule is [C-]#[N+]c1ccc(Oc2cnc3c(c2)CCC[C@H]3C2OC(=O)NC2=O)c(C)c1. The molecule has 1 aromatic carbocycles. The van der Waals surface area contributed by atoms with Crippen LogP contribution in [0.2, 0.25) is 0 Å². The molecule has 0 saturated carbocycles. The van der Waals surface area contributed by atoms with E-state index in [1.54, 1.807) is 24.4 Å². The summed E-state index contributed by atoms with van der Waals surface area (Å²) in [6, 6.07) is 7.18. The minimum atomic E-state index is -0.820. The standard InChI is InChI=1S/C20H17N3O4/c1-11-8-13(21-2)6-7-16(11)26-14-9-12-4-3-5-15(17(12)22-10-14)18-19(24)23-20(25)27-18/h6-10,15,18H,3-5H2,1H3,(H,23,24,25)/t15-,18?/m1/s1. The number of alkyl carbamates (subject to hydrolysis) is 1. The molecule has 136 valence electrons. The van der Waals surface area contributed by atoms with Gasteiger partial charge in [0.05, 0.1) is 18.5 Å². The van der Waals surface area contributed by atoms with Crippen LogP contribution < -0.4 is 10.1 Å². The summed E-state index contributed by atoms with van der Waals surface area (Å²) in [7, 11) is 0. The van der Waals surface area contributed by atoms with Crippen LogP contribution in [0.1, 0.15) is 35.6 Å². The number of rotatable bonds is 3. The maximum absolute atomic E-state index is 12.0. The van der Waals surface area contributed by atoms with Crippen molar-refractivity contribution < 1.29 is 19.1 Å². The number of amides is 2. The van der Waals surface area contributed by atoms with Gasteiger partial charge in [0, 0.05) is 5.92 Å². The number of ether oxygens (including phenoxy) is 2. The van der Waals surface area contributed by atoms with E-state index in [9.17, 15) is 9.59 Å². The second-order valence-corrected chi connectivity index (χ2v) is 6.69. The van der Waals surface area contributed by atoms with Crippen molar-refractivity contribution in [3.8, 4) is 11.5 Å². The lowest BCUT2D eigenvalue weighted by molar-refractivity contribution is -0.124. The molecule has 0 radical (unpaired) electrons. The van der Waals surface area contributed by atoms with Gasteiger partial charge in [0.1, 0.15) is 11.5 Å². The number of carbonyl (C=O) groups is 2. The Morgan fingerprint density at radius 1 is 1.33 bits per heavy atom. The summed E-state index contributed by atoms with van der Waals surface area (Å²) in [4.78, 5) is 31.2. The van der Waals surface area contributed by atoms with E-state index in [0.717, 1.165) is 36.1 Å². The van der Waals surface area contributed by atoms with E-state index in [1.807, 2.05) is 13.0 Å². The molecule has 2 atom stereocenters. The molecule has 1 aromatic heterocycles. The number of fused-ring (bicyclic) bond motifs is 1. The monoisotopic (exact) mass is 363 g/mol. The van der Waals surface area contributed by atoms with Crippen molar-refractivity contribution in [1.29, 1.82) is 0 Å². The van der Waals surface area contributed by atoms with Crippen molar-refractivity contribution in [1.82, 2.24) is 10.3 Å². The molecule has 1 aliphatic heterocycles. The van der Waals surface area contributed by atoms with Gasteiger partial charge in [-0.15, -0.1) is 0 Å². The Bertz CT molecular complexity index is 980. The van der Waals surface area contributed by atoms with Crippen LogP contribution in [0.25, 0.3) is 4.85 Å². The molecule has 27 heavy (non-hydrogen) atoms. The molecule has 7 nitrogen and oxygen atoms in total. The lowest BCUT2D eigenvalue weighted by atomic mass is 9.83. The van der Waals surface area contributed by atoms with Crippen molar-refractivity contribution in [2.45, 2.75) is 38.2 Å². The zero-order valence-electron chi connectivity index (χ0n) is 14.7. The minimum Gasteiger partial charge on any atom is -0.456 e. The van der Waals surface area contributed by atoms with Gasteiger partial charge in [0.15, 0.2) is 11.8 Å². The molecule has 1 fully saturated rings. The quantitative estimate of drug-likeness (QED) is 0.839. The summed E-state index contributed by atoms with van der Waals surface area (Å²) in [5, 5.41) is 2.18. The van der Waals surface area contributed by atoms with Gasteiger partial charge in [0.25, 0.3) is 5.91 Å².